The van der Waals surface area contributed by atoms with Crippen LogP contribution in [0.1, 0.15) is 40.0 Å². The fourth-order valence-corrected chi connectivity index (χ4v) is 2.74. The van der Waals surface area contributed by atoms with Crippen LogP contribution in [0.2, 0.25) is 0 Å². The molecular weight excluding hydrogens is 212 g/mol. The van der Waals surface area contributed by atoms with Gasteiger partial charge in [-0.2, -0.15) is 0 Å². The first-order chi connectivity index (χ1) is 7.99. The Bertz CT molecular complexity index is 213. The standard InChI is InChI=1S/C14H30N2O/c1-14(2,3)12-7-9-16(10-12)13(11-17-4)6-5-8-15/h12-13H,5-11,15H2,1-4H3. The summed E-state index contributed by atoms with van der Waals surface area (Å²) in [5.41, 5.74) is 6.04. The van der Waals surface area contributed by atoms with E-state index in [0.717, 1.165) is 25.5 Å². The quantitative estimate of drug-likeness (QED) is 0.775. The molecule has 0 aromatic carbocycles. The van der Waals surface area contributed by atoms with E-state index in [1.165, 1.54) is 25.9 Å². The lowest BCUT2D eigenvalue weighted by atomic mass is 9.80. The molecule has 0 spiro atoms. The van der Waals surface area contributed by atoms with Crippen molar-refractivity contribution in [3.05, 3.63) is 0 Å². The number of hydrogen-bond donors (Lipinski definition) is 1. The van der Waals surface area contributed by atoms with Crippen molar-refractivity contribution in [2.24, 2.45) is 17.1 Å². The van der Waals surface area contributed by atoms with E-state index in [2.05, 4.69) is 25.7 Å². The summed E-state index contributed by atoms with van der Waals surface area (Å²) >= 11 is 0. The molecule has 1 heterocycles. The van der Waals surface area contributed by atoms with Crippen molar-refractivity contribution in [1.29, 1.82) is 0 Å². The smallest absolute Gasteiger partial charge is 0.0618 e. The minimum Gasteiger partial charge on any atom is -0.383 e. The van der Waals surface area contributed by atoms with Gasteiger partial charge in [0.2, 0.25) is 0 Å². The monoisotopic (exact) mass is 242 g/mol. The minimum absolute atomic E-state index is 0.431. The largest absolute Gasteiger partial charge is 0.383 e. The normalized spacial score (nSPS) is 24.2. The van der Waals surface area contributed by atoms with E-state index in [1.54, 1.807) is 7.11 Å². The zero-order valence-corrected chi connectivity index (χ0v) is 12.0. The summed E-state index contributed by atoms with van der Waals surface area (Å²) < 4.78 is 5.35. The van der Waals surface area contributed by atoms with E-state index in [-0.39, 0.29) is 0 Å². The number of ether oxygens (including phenoxy) is 1. The first kappa shape index (κ1) is 14.9. The number of nitrogens with zero attached hydrogens (tertiary/aromatic N) is 1. The summed E-state index contributed by atoms with van der Waals surface area (Å²) in [6, 6.07) is 0.566. The van der Waals surface area contributed by atoms with Crippen LogP contribution in [0.15, 0.2) is 0 Å². The average molecular weight is 242 g/mol. The Hall–Kier alpha value is -0.120. The van der Waals surface area contributed by atoms with Crippen LogP contribution in [0.25, 0.3) is 0 Å². The molecule has 3 nitrogen and oxygen atoms in total. The van der Waals surface area contributed by atoms with Crippen molar-refractivity contribution in [3.8, 4) is 0 Å². The fraction of sp³-hybridized carbons (Fsp3) is 1.00. The van der Waals surface area contributed by atoms with Crippen LogP contribution >= 0.6 is 0 Å². The van der Waals surface area contributed by atoms with Crippen LogP contribution in [0, 0.1) is 11.3 Å². The number of rotatable bonds is 6. The number of nitrogens with two attached hydrogens (primary N) is 1. The van der Waals surface area contributed by atoms with Crippen molar-refractivity contribution in [2.45, 2.75) is 46.1 Å². The van der Waals surface area contributed by atoms with Crippen LogP contribution in [0.3, 0.4) is 0 Å². The summed E-state index contributed by atoms with van der Waals surface area (Å²) in [6.07, 6.45) is 3.60. The molecule has 0 aromatic rings. The molecule has 0 bridgehead atoms. The van der Waals surface area contributed by atoms with Crippen molar-refractivity contribution < 1.29 is 4.74 Å². The molecule has 2 N–H and O–H groups in total. The SMILES string of the molecule is COCC(CCCN)N1CCC(C(C)(C)C)C1. The van der Waals surface area contributed by atoms with E-state index in [0.29, 0.717) is 11.5 Å². The van der Waals surface area contributed by atoms with Gasteiger partial charge in [0.15, 0.2) is 0 Å². The number of methoxy groups -OCH3 is 1. The maximum Gasteiger partial charge on any atom is 0.0618 e. The Kier molecular flexibility index (Phi) is 5.90. The lowest BCUT2D eigenvalue weighted by molar-refractivity contribution is 0.0916. The van der Waals surface area contributed by atoms with E-state index in [9.17, 15) is 0 Å². The third-order valence-electron chi connectivity index (χ3n) is 4.06. The molecule has 0 aliphatic carbocycles. The molecule has 2 atom stereocenters. The highest BCUT2D eigenvalue weighted by Gasteiger charge is 2.34. The van der Waals surface area contributed by atoms with Crippen LogP contribution in [-0.4, -0.2) is 44.3 Å². The van der Waals surface area contributed by atoms with Gasteiger partial charge in [-0.3, -0.25) is 4.90 Å². The molecule has 0 amide bonds. The summed E-state index contributed by atoms with van der Waals surface area (Å²) in [4.78, 5) is 2.61. The highest BCUT2D eigenvalue weighted by atomic mass is 16.5. The molecule has 2 unspecified atom stereocenters. The average Bonchev–Trinajstić information content (AvgIpc) is 2.72. The molecule has 0 aromatic heterocycles. The molecule has 0 saturated carbocycles. The second kappa shape index (κ2) is 6.72. The van der Waals surface area contributed by atoms with Crippen molar-refractivity contribution in [1.82, 2.24) is 4.90 Å². The predicted octanol–water partition coefficient (Wildman–Crippen LogP) is 2.11. The summed E-state index contributed by atoms with van der Waals surface area (Å²) in [5.74, 6) is 0.819. The Labute approximate surface area is 107 Å². The van der Waals surface area contributed by atoms with Gasteiger partial charge in [0, 0.05) is 19.7 Å². The van der Waals surface area contributed by atoms with Crippen molar-refractivity contribution in [3.63, 3.8) is 0 Å². The van der Waals surface area contributed by atoms with Gasteiger partial charge in [-0.1, -0.05) is 20.8 Å². The second-order valence-electron chi connectivity index (χ2n) is 6.39. The van der Waals surface area contributed by atoms with Crippen LogP contribution in [0.4, 0.5) is 0 Å². The van der Waals surface area contributed by atoms with Gasteiger partial charge in [0.25, 0.3) is 0 Å². The maximum atomic E-state index is 5.61. The molecule has 1 rings (SSSR count). The molecule has 1 aliphatic rings. The van der Waals surface area contributed by atoms with Gasteiger partial charge in [0.05, 0.1) is 6.61 Å². The fourth-order valence-electron chi connectivity index (χ4n) is 2.74. The van der Waals surface area contributed by atoms with Crippen LogP contribution < -0.4 is 5.73 Å². The van der Waals surface area contributed by atoms with Gasteiger partial charge in [-0.15, -0.1) is 0 Å². The number of likely N-dealkylation sites (tertiary alicyclic amines) is 1. The van der Waals surface area contributed by atoms with Gasteiger partial charge >= 0.3 is 0 Å². The first-order valence-corrected chi connectivity index (χ1v) is 6.92. The topological polar surface area (TPSA) is 38.5 Å². The molecular formula is C14H30N2O. The van der Waals surface area contributed by atoms with Gasteiger partial charge in [-0.25, -0.2) is 0 Å². The summed E-state index contributed by atoms with van der Waals surface area (Å²) in [5, 5.41) is 0. The van der Waals surface area contributed by atoms with E-state index >= 15 is 0 Å². The Morgan fingerprint density at radius 3 is 2.59 bits per heavy atom. The third kappa shape index (κ3) is 4.57. The zero-order chi connectivity index (χ0) is 12.9. The third-order valence-corrected chi connectivity index (χ3v) is 4.06. The highest BCUT2D eigenvalue weighted by Crippen LogP contribution is 2.34. The highest BCUT2D eigenvalue weighted by molar-refractivity contribution is 4.87. The van der Waals surface area contributed by atoms with Crippen LogP contribution in [0.5, 0.6) is 0 Å². The van der Waals surface area contributed by atoms with E-state index in [4.69, 9.17) is 10.5 Å². The molecule has 1 fully saturated rings. The first-order valence-electron chi connectivity index (χ1n) is 6.92. The second-order valence-corrected chi connectivity index (χ2v) is 6.39. The van der Waals surface area contributed by atoms with Gasteiger partial charge < -0.3 is 10.5 Å². The lowest BCUT2D eigenvalue weighted by Crippen LogP contribution is -2.38. The molecule has 17 heavy (non-hydrogen) atoms. The van der Waals surface area contributed by atoms with Gasteiger partial charge in [-0.05, 0) is 43.7 Å². The molecule has 1 aliphatic heterocycles. The molecule has 1 saturated heterocycles. The minimum atomic E-state index is 0.431. The van der Waals surface area contributed by atoms with Crippen molar-refractivity contribution >= 4 is 0 Å². The molecule has 0 radical (unpaired) electrons. The Morgan fingerprint density at radius 1 is 1.41 bits per heavy atom. The molecule has 3 heteroatoms. The van der Waals surface area contributed by atoms with E-state index < -0.39 is 0 Å². The van der Waals surface area contributed by atoms with E-state index in [1.807, 2.05) is 0 Å². The summed E-state index contributed by atoms with van der Waals surface area (Å²) in [7, 11) is 1.80. The Morgan fingerprint density at radius 2 is 2.12 bits per heavy atom. The van der Waals surface area contributed by atoms with Crippen molar-refractivity contribution in [2.75, 3.05) is 33.4 Å². The maximum absolute atomic E-state index is 5.61. The summed E-state index contributed by atoms with van der Waals surface area (Å²) in [6.45, 7) is 11.1. The zero-order valence-electron chi connectivity index (χ0n) is 12.0. The Balaban J connectivity index is 2.47. The predicted molar refractivity (Wildman–Crippen MR) is 73.1 cm³/mol. The number of hydrogen-bond acceptors (Lipinski definition) is 3. The van der Waals surface area contributed by atoms with Crippen LogP contribution in [-0.2, 0) is 4.74 Å². The lowest BCUT2D eigenvalue weighted by Gasteiger charge is -2.30. The van der Waals surface area contributed by atoms with Gasteiger partial charge in [0.1, 0.15) is 0 Å². The molecule has 102 valence electrons.